The van der Waals surface area contributed by atoms with Gasteiger partial charge in [0.2, 0.25) is 0 Å². The molecule has 0 aliphatic carbocycles. The van der Waals surface area contributed by atoms with Crippen LogP contribution >= 0.6 is 0 Å². The fraction of sp³-hybridized carbons (Fsp3) is 0.419. The summed E-state index contributed by atoms with van der Waals surface area (Å²) in [6.07, 6.45) is 7.64. The van der Waals surface area contributed by atoms with Crippen LogP contribution in [0, 0.1) is 5.82 Å². The molecule has 0 N–H and O–H groups in total. The molecule has 0 saturated carbocycles. The van der Waals surface area contributed by atoms with Gasteiger partial charge in [0.1, 0.15) is 29.2 Å². The van der Waals surface area contributed by atoms with Crippen LogP contribution in [0.2, 0.25) is 0 Å². The van der Waals surface area contributed by atoms with Crippen molar-refractivity contribution in [2.75, 3.05) is 24.6 Å². The maximum atomic E-state index is 16.5. The first-order chi connectivity index (χ1) is 20.2. The van der Waals surface area contributed by atoms with Crippen molar-refractivity contribution in [3.05, 3.63) is 48.2 Å². The topological polar surface area (TPSA) is 111 Å². The van der Waals surface area contributed by atoms with Crippen LogP contribution in [-0.2, 0) is 16.0 Å². The van der Waals surface area contributed by atoms with Gasteiger partial charge in [-0.05, 0) is 51.0 Å². The molecule has 5 heterocycles. The zero-order valence-electron chi connectivity index (χ0n) is 24.1. The van der Waals surface area contributed by atoms with E-state index in [1.807, 2.05) is 48.8 Å². The molecule has 2 unspecified atom stereocenters. The summed E-state index contributed by atoms with van der Waals surface area (Å²) in [5.74, 6) is -0.174. The molecule has 2 aliphatic rings. The first kappa shape index (κ1) is 27.7. The molecule has 2 fully saturated rings. The quantitative estimate of drug-likeness (QED) is 0.291. The highest BCUT2D eigenvalue weighted by Gasteiger charge is 2.45. The molecule has 2 saturated heterocycles. The minimum absolute atomic E-state index is 0.0406. The van der Waals surface area contributed by atoms with Crippen molar-refractivity contribution in [1.29, 1.82) is 0 Å². The minimum Gasteiger partial charge on any atom is -0.456 e. The summed E-state index contributed by atoms with van der Waals surface area (Å²) in [7, 11) is 0. The van der Waals surface area contributed by atoms with E-state index in [0.717, 1.165) is 35.6 Å². The molecule has 0 radical (unpaired) electrons. The number of hydrogen-bond donors (Lipinski definition) is 0. The van der Waals surface area contributed by atoms with Gasteiger partial charge < -0.3 is 14.4 Å². The number of rotatable bonds is 6. The van der Waals surface area contributed by atoms with Crippen LogP contribution in [0.15, 0.2) is 36.8 Å². The Hall–Kier alpha value is -4.41. The molecule has 0 spiro atoms. The lowest BCUT2D eigenvalue weighted by Gasteiger charge is -2.42. The van der Waals surface area contributed by atoms with Gasteiger partial charge in [-0.2, -0.15) is 9.97 Å². The number of aldehydes is 1. The number of piperazine rings is 1. The maximum absolute atomic E-state index is 16.5. The Labute approximate surface area is 242 Å². The third kappa shape index (κ3) is 4.97. The summed E-state index contributed by atoms with van der Waals surface area (Å²) in [6.45, 7) is 8.29. The minimum atomic E-state index is -0.623. The number of halogens is 1. The van der Waals surface area contributed by atoms with Gasteiger partial charge in [0, 0.05) is 42.6 Å². The third-order valence-corrected chi connectivity index (χ3v) is 7.82. The Morgan fingerprint density at radius 1 is 1.12 bits per heavy atom. The number of nitrogens with zero attached hydrogens (tertiary/aromatic N) is 6. The van der Waals surface area contributed by atoms with Crippen LogP contribution in [0.3, 0.4) is 0 Å². The Kier molecular flexibility index (Phi) is 7.12. The van der Waals surface area contributed by atoms with E-state index in [2.05, 4.69) is 26.9 Å². The van der Waals surface area contributed by atoms with E-state index in [4.69, 9.17) is 9.47 Å². The maximum Gasteiger partial charge on any atom is 0.410 e. The average molecular weight is 573 g/mol. The van der Waals surface area contributed by atoms with Crippen LogP contribution < -0.4 is 9.64 Å². The normalized spacial score (nSPS) is 18.5. The Morgan fingerprint density at radius 2 is 1.88 bits per heavy atom. The zero-order chi connectivity index (χ0) is 29.6. The van der Waals surface area contributed by atoms with Crippen LogP contribution in [0.1, 0.15) is 46.1 Å². The highest BCUT2D eigenvalue weighted by molar-refractivity contribution is 6.00. The Balaban J connectivity index is 1.44. The van der Waals surface area contributed by atoms with Gasteiger partial charge in [0.25, 0.3) is 0 Å². The van der Waals surface area contributed by atoms with Crippen molar-refractivity contribution >= 4 is 39.9 Å². The monoisotopic (exact) mass is 572 g/mol. The standard InChI is InChI=1S/C31H33FN6O4/c1-5-18-7-6-8-19-13-33-14-22(24(18)19)26-25(32)27-23(15-34-26)28(36-29(35-27)41-12-11-39)37-16-20-9-10-21(17-37)38(20)30(40)42-31(2,3)4/h6-8,11,13-15,20-21H,5,9-10,12,16-17H2,1-4H3. The lowest BCUT2D eigenvalue weighted by atomic mass is 9.97. The van der Waals surface area contributed by atoms with Crippen molar-refractivity contribution in [2.24, 2.45) is 0 Å². The fourth-order valence-corrected chi connectivity index (χ4v) is 6.10. The SMILES string of the molecule is CCc1cccc2cncc(-c3ncc4c(N5CC6CCC(C5)N6C(=O)OC(C)(C)C)nc(OCC=O)nc4c3F)c12. The second-order valence-electron chi connectivity index (χ2n) is 11.7. The number of anilines is 1. The molecule has 3 aromatic heterocycles. The van der Waals surface area contributed by atoms with Crippen molar-refractivity contribution < 1.29 is 23.5 Å². The van der Waals surface area contributed by atoms with Crippen molar-refractivity contribution in [3.8, 4) is 17.3 Å². The number of carbonyl (C=O) groups is 2. The van der Waals surface area contributed by atoms with Gasteiger partial charge >= 0.3 is 12.1 Å². The Bertz CT molecular complexity index is 1670. The number of aryl methyl sites for hydroxylation is 1. The van der Waals surface area contributed by atoms with Gasteiger partial charge in [0.15, 0.2) is 12.1 Å². The predicted octanol–water partition coefficient (Wildman–Crippen LogP) is 5.11. The fourth-order valence-electron chi connectivity index (χ4n) is 6.10. The molecular formula is C31H33FN6O4. The molecule has 6 rings (SSSR count). The number of fused-ring (bicyclic) bond motifs is 4. The van der Waals surface area contributed by atoms with E-state index in [9.17, 15) is 9.59 Å². The second kappa shape index (κ2) is 10.8. The molecule has 1 aromatic carbocycles. The molecule has 2 aliphatic heterocycles. The van der Waals surface area contributed by atoms with Gasteiger partial charge in [-0.1, -0.05) is 25.1 Å². The summed E-state index contributed by atoms with van der Waals surface area (Å²) >= 11 is 0. The molecule has 2 atom stereocenters. The van der Waals surface area contributed by atoms with Crippen LogP contribution in [0.4, 0.5) is 15.0 Å². The molecular weight excluding hydrogens is 539 g/mol. The number of pyridine rings is 2. The molecule has 10 nitrogen and oxygen atoms in total. The van der Waals surface area contributed by atoms with Crippen LogP contribution in [0.5, 0.6) is 6.01 Å². The summed E-state index contributed by atoms with van der Waals surface area (Å²) in [4.78, 5) is 45.8. The van der Waals surface area contributed by atoms with E-state index in [0.29, 0.717) is 36.1 Å². The first-order valence-corrected chi connectivity index (χ1v) is 14.2. The summed E-state index contributed by atoms with van der Waals surface area (Å²) in [5, 5.41) is 2.20. The molecule has 42 heavy (non-hydrogen) atoms. The highest BCUT2D eigenvalue weighted by Crippen LogP contribution is 2.38. The second-order valence-corrected chi connectivity index (χ2v) is 11.7. The highest BCUT2D eigenvalue weighted by atomic mass is 19.1. The zero-order valence-corrected chi connectivity index (χ0v) is 24.1. The van der Waals surface area contributed by atoms with E-state index in [1.165, 1.54) is 0 Å². The third-order valence-electron chi connectivity index (χ3n) is 7.82. The van der Waals surface area contributed by atoms with Crippen molar-refractivity contribution in [1.82, 2.24) is 24.8 Å². The number of carbonyl (C=O) groups excluding carboxylic acids is 2. The first-order valence-electron chi connectivity index (χ1n) is 14.2. The Morgan fingerprint density at radius 3 is 2.57 bits per heavy atom. The predicted molar refractivity (Wildman–Crippen MR) is 156 cm³/mol. The van der Waals surface area contributed by atoms with Crippen LogP contribution in [-0.4, -0.2) is 74.6 Å². The van der Waals surface area contributed by atoms with E-state index >= 15 is 4.39 Å². The molecule has 2 bridgehead atoms. The van der Waals surface area contributed by atoms with Gasteiger partial charge in [0.05, 0.1) is 17.5 Å². The van der Waals surface area contributed by atoms with E-state index < -0.39 is 11.4 Å². The van der Waals surface area contributed by atoms with Gasteiger partial charge in [-0.15, -0.1) is 0 Å². The van der Waals surface area contributed by atoms with E-state index in [-0.39, 0.29) is 42.0 Å². The van der Waals surface area contributed by atoms with Gasteiger partial charge in [-0.25, -0.2) is 9.18 Å². The molecule has 1 amide bonds. The van der Waals surface area contributed by atoms with E-state index in [1.54, 1.807) is 18.6 Å². The molecule has 11 heteroatoms. The number of amides is 1. The lowest BCUT2D eigenvalue weighted by molar-refractivity contribution is -0.109. The molecule has 218 valence electrons. The summed E-state index contributed by atoms with van der Waals surface area (Å²) in [5.41, 5.74) is 1.20. The van der Waals surface area contributed by atoms with Crippen molar-refractivity contribution in [3.63, 3.8) is 0 Å². The summed E-state index contributed by atoms with van der Waals surface area (Å²) < 4.78 is 27.6. The molecule has 4 aromatic rings. The lowest BCUT2D eigenvalue weighted by Crippen LogP contribution is -2.57. The summed E-state index contributed by atoms with van der Waals surface area (Å²) in [6, 6.07) is 5.64. The largest absolute Gasteiger partial charge is 0.456 e. The number of ether oxygens (including phenoxy) is 2. The van der Waals surface area contributed by atoms with Crippen LogP contribution in [0.25, 0.3) is 32.9 Å². The number of aromatic nitrogens is 4. The number of hydrogen-bond acceptors (Lipinski definition) is 9. The average Bonchev–Trinajstić information content (AvgIpc) is 3.24. The smallest absolute Gasteiger partial charge is 0.410 e. The van der Waals surface area contributed by atoms with Crippen molar-refractivity contribution in [2.45, 2.75) is 64.6 Å². The number of benzene rings is 1. The van der Waals surface area contributed by atoms with Gasteiger partial charge in [-0.3, -0.25) is 19.7 Å².